The molecule has 2 amide bonds. The van der Waals surface area contributed by atoms with Crippen LogP contribution in [0.25, 0.3) is 0 Å². The molecule has 2 aromatic carbocycles. The topological polar surface area (TPSA) is 49.4 Å². The number of aryl methyl sites for hydroxylation is 1. The van der Waals surface area contributed by atoms with E-state index in [0.717, 1.165) is 38.5 Å². The fourth-order valence-corrected chi connectivity index (χ4v) is 4.43. The predicted octanol–water partition coefficient (Wildman–Crippen LogP) is 4.30. The molecule has 4 heteroatoms. The van der Waals surface area contributed by atoms with Gasteiger partial charge in [-0.25, -0.2) is 0 Å². The third-order valence-electron chi connectivity index (χ3n) is 6.49. The van der Waals surface area contributed by atoms with Gasteiger partial charge in [-0.05, 0) is 55.2 Å². The Kier molecular flexibility index (Phi) is 6.51. The predicted molar refractivity (Wildman–Crippen MR) is 119 cm³/mol. The molecule has 1 saturated heterocycles. The molecular weight excluding hydrogens is 372 g/mol. The average Bonchev–Trinajstić information content (AvgIpc) is 3.64. The van der Waals surface area contributed by atoms with Crippen molar-refractivity contribution in [3.8, 4) is 0 Å². The summed E-state index contributed by atoms with van der Waals surface area (Å²) < 4.78 is 0. The molecular formula is C26H32N2O2. The van der Waals surface area contributed by atoms with Gasteiger partial charge in [0.1, 0.15) is 0 Å². The number of amides is 2. The van der Waals surface area contributed by atoms with Crippen molar-refractivity contribution in [2.24, 2.45) is 11.8 Å². The Morgan fingerprint density at radius 2 is 1.60 bits per heavy atom. The Labute approximate surface area is 179 Å². The van der Waals surface area contributed by atoms with Gasteiger partial charge < -0.3 is 10.2 Å². The SMILES string of the molecule is CCc1ccc([C@H]2CC[C@@H](C(=O)NCCc3ccccc3)CN2C(=O)C2CC2)cc1. The van der Waals surface area contributed by atoms with Gasteiger partial charge in [0, 0.05) is 19.0 Å². The Hall–Kier alpha value is -2.62. The lowest BCUT2D eigenvalue weighted by Crippen LogP contribution is -2.47. The molecule has 1 aliphatic carbocycles. The first-order valence-electron chi connectivity index (χ1n) is 11.4. The third kappa shape index (κ3) is 4.92. The molecule has 2 fully saturated rings. The largest absolute Gasteiger partial charge is 0.355 e. The van der Waals surface area contributed by atoms with E-state index in [-0.39, 0.29) is 29.7 Å². The van der Waals surface area contributed by atoms with Crippen molar-refractivity contribution in [3.05, 3.63) is 71.3 Å². The summed E-state index contributed by atoms with van der Waals surface area (Å²) in [5.41, 5.74) is 3.73. The van der Waals surface area contributed by atoms with Crippen LogP contribution in [0.5, 0.6) is 0 Å². The molecule has 2 aromatic rings. The summed E-state index contributed by atoms with van der Waals surface area (Å²) in [6, 6.07) is 19.0. The molecule has 0 aromatic heterocycles. The summed E-state index contributed by atoms with van der Waals surface area (Å²) in [5, 5.41) is 3.10. The molecule has 4 nitrogen and oxygen atoms in total. The molecule has 158 valence electrons. The lowest BCUT2D eigenvalue weighted by atomic mass is 9.87. The zero-order valence-electron chi connectivity index (χ0n) is 17.8. The summed E-state index contributed by atoms with van der Waals surface area (Å²) in [7, 11) is 0. The second-order valence-corrected chi connectivity index (χ2v) is 8.68. The van der Waals surface area contributed by atoms with Crippen LogP contribution in [0.4, 0.5) is 0 Å². The molecule has 1 aliphatic heterocycles. The van der Waals surface area contributed by atoms with Gasteiger partial charge >= 0.3 is 0 Å². The van der Waals surface area contributed by atoms with Gasteiger partial charge in [-0.2, -0.15) is 0 Å². The number of hydrogen-bond donors (Lipinski definition) is 1. The minimum absolute atomic E-state index is 0.0827. The molecule has 1 heterocycles. The van der Waals surface area contributed by atoms with Crippen molar-refractivity contribution in [2.45, 2.75) is 51.5 Å². The minimum atomic E-state index is -0.116. The van der Waals surface area contributed by atoms with E-state index in [1.165, 1.54) is 16.7 Å². The van der Waals surface area contributed by atoms with E-state index < -0.39 is 0 Å². The number of nitrogens with zero attached hydrogens (tertiary/aromatic N) is 1. The quantitative estimate of drug-likeness (QED) is 0.748. The number of carbonyl (C=O) groups is 2. The molecule has 0 unspecified atom stereocenters. The van der Waals surface area contributed by atoms with Gasteiger partial charge in [0.15, 0.2) is 0 Å². The van der Waals surface area contributed by atoms with E-state index >= 15 is 0 Å². The molecule has 0 radical (unpaired) electrons. The van der Waals surface area contributed by atoms with Crippen LogP contribution in [-0.4, -0.2) is 29.8 Å². The van der Waals surface area contributed by atoms with Crippen LogP contribution in [0, 0.1) is 11.8 Å². The number of rotatable bonds is 7. The molecule has 1 saturated carbocycles. The lowest BCUT2D eigenvalue weighted by Gasteiger charge is -2.40. The van der Waals surface area contributed by atoms with E-state index in [1.54, 1.807) is 0 Å². The highest BCUT2D eigenvalue weighted by molar-refractivity contribution is 5.84. The summed E-state index contributed by atoms with van der Waals surface area (Å²) in [6.07, 6.45) is 5.50. The number of benzene rings is 2. The molecule has 0 spiro atoms. The third-order valence-corrected chi connectivity index (χ3v) is 6.49. The first-order valence-corrected chi connectivity index (χ1v) is 11.4. The minimum Gasteiger partial charge on any atom is -0.355 e. The van der Waals surface area contributed by atoms with Crippen LogP contribution in [0.1, 0.15) is 55.3 Å². The molecule has 4 rings (SSSR count). The molecule has 0 bridgehead atoms. The van der Waals surface area contributed by atoms with E-state index in [4.69, 9.17) is 0 Å². The highest BCUT2D eigenvalue weighted by Crippen LogP contribution is 2.39. The van der Waals surface area contributed by atoms with Gasteiger partial charge in [0.2, 0.25) is 11.8 Å². The second kappa shape index (κ2) is 9.46. The zero-order valence-corrected chi connectivity index (χ0v) is 17.8. The van der Waals surface area contributed by atoms with Crippen molar-refractivity contribution in [2.75, 3.05) is 13.1 Å². The molecule has 1 N–H and O–H groups in total. The number of carbonyl (C=O) groups excluding carboxylic acids is 2. The van der Waals surface area contributed by atoms with Crippen LogP contribution < -0.4 is 5.32 Å². The normalized spacial score (nSPS) is 21.3. The monoisotopic (exact) mass is 404 g/mol. The molecule has 2 aliphatic rings. The van der Waals surface area contributed by atoms with E-state index in [1.807, 2.05) is 23.1 Å². The Balaban J connectivity index is 1.39. The maximum atomic E-state index is 13.0. The number of hydrogen-bond acceptors (Lipinski definition) is 2. The fourth-order valence-electron chi connectivity index (χ4n) is 4.43. The van der Waals surface area contributed by atoms with Crippen LogP contribution >= 0.6 is 0 Å². The average molecular weight is 405 g/mol. The summed E-state index contributed by atoms with van der Waals surface area (Å²) in [4.78, 5) is 27.9. The summed E-state index contributed by atoms with van der Waals surface area (Å²) in [6.45, 7) is 3.32. The van der Waals surface area contributed by atoms with E-state index in [0.29, 0.717) is 13.1 Å². The van der Waals surface area contributed by atoms with Gasteiger partial charge in [-0.1, -0.05) is 61.5 Å². The van der Waals surface area contributed by atoms with E-state index in [2.05, 4.69) is 48.6 Å². The molecule has 30 heavy (non-hydrogen) atoms. The van der Waals surface area contributed by atoms with Gasteiger partial charge in [-0.15, -0.1) is 0 Å². The summed E-state index contributed by atoms with van der Waals surface area (Å²) >= 11 is 0. The van der Waals surface area contributed by atoms with Crippen molar-refractivity contribution < 1.29 is 9.59 Å². The Bertz CT molecular complexity index is 858. The van der Waals surface area contributed by atoms with E-state index in [9.17, 15) is 9.59 Å². The first kappa shape index (κ1) is 20.6. The number of likely N-dealkylation sites (tertiary alicyclic amines) is 1. The second-order valence-electron chi connectivity index (χ2n) is 8.68. The van der Waals surface area contributed by atoms with Crippen LogP contribution in [-0.2, 0) is 22.4 Å². The van der Waals surface area contributed by atoms with Crippen LogP contribution in [0.3, 0.4) is 0 Å². The first-order chi connectivity index (χ1) is 14.7. The Morgan fingerprint density at radius 3 is 2.27 bits per heavy atom. The summed E-state index contributed by atoms with van der Waals surface area (Å²) in [5.74, 6) is 0.373. The molecule has 2 atom stereocenters. The Morgan fingerprint density at radius 1 is 0.900 bits per heavy atom. The van der Waals surface area contributed by atoms with Crippen molar-refractivity contribution in [1.82, 2.24) is 10.2 Å². The van der Waals surface area contributed by atoms with Crippen LogP contribution in [0.15, 0.2) is 54.6 Å². The highest BCUT2D eigenvalue weighted by Gasteiger charge is 2.41. The van der Waals surface area contributed by atoms with Gasteiger partial charge in [0.25, 0.3) is 0 Å². The fraction of sp³-hybridized carbons (Fsp3) is 0.462. The van der Waals surface area contributed by atoms with Crippen molar-refractivity contribution >= 4 is 11.8 Å². The smallest absolute Gasteiger partial charge is 0.226 e. The van der Waals surface area contributed by atoms with Crippen molar-refractivity contribution in [1.29, 1.82) is 0 Å². The van der Waals surface area contributed by atoms with Crippen LogP contribution in [0.2, 0.25) is 0 Å². The standard InChI is InChI=1S/C26H32N2O2/c1-2-19-8-10-21(11-9-19)24-15-14-23(18-28(24)26(30)22-12-13-22)25(29)27-17-16-20-6-4-3-5-7-20/h3-11,22-24H,2,12-18H2,1H3,(H,27,29)/t23-,24-/m1/s1. The lowest BCUT2D eigenvalue weighted by molar-refractivity contribution is -0.140. The van der Waals surface area contributed by atoms with Gasteiger partial charge in [-0.3, -0.25) is 9.59 Å². The maximum Gasteiger partial charge on any atom is 0.226 e. The maximum absolute atomic E-state index is 13.0. The zero-order chi connectivity index (χ0) is 20.9. The number of piperidine rings is 1. The van der Waals surface area contributed by atoms with Crippen molar-refractivity contribution in [3.63, 3.8) is 0 Å². The number of nitrogens with one attached hydrogen (secondary N) is 1. The highest BCUT2D eigenvalue weighted by atomic mass is 16.2. The van der Waals surface area contributed by atoms with Gasteiger partial charge in [0.05, 0.1) is 12.0 Å².